The van der Waals surface area contributed by atoms with Crippen LogP contribution in [0, 0.1) is 11.8 Å². The predicted octanol–water partition coefficient (Wildman–Crippen LogP) is 2.16. The molecule has 0 spiro atoms. The molecule has 1 aliphatic carbocycles. The SMILES string of the molecule is CNC(CC1OCCO1)C1CCC(C)CC1. The summed E-state index contributed by atoms with van der Waals surface area (Å²) in [4.78, 5) is 0. The van der Waals surface area contributed by atoms with E-state index in [0.717, 1.165) is 31.5 Å². The number of rotatable bonds is 4. The standard InChI is InChI=1S/C13H25NO2/c1-10-3-5-11(6-4-10)12(14-2)9-13-15-7-8-16-13/h10-14H,3-9H2,1-2H3. The van der Waals surface area contributed by atoms with Crippen molar-refractivity contribution in [2.24, 2.45) is 11.8 Å². The molecule has 3 heteroatoms. The molecule has 94 valence electrons. The first-order valence-electron chi connectivity index (χ1n) is 6.70. The first-order valence-corrected chi connectivity index (χ1v) is 6.70. The zero-order valence-electron chi connectivity index (χ0n) is 10.6. The van der Waals surface area contributed by atoms with E-state index in [2.05, 4.69) is 19.3 Å². The monoisotopic (exact) mass is 227 g/mol. The van der Waals surface area contributed by atoms with Gasteiger partial charge in [0, 0.05) is 12.5 Å². The summed E-state index contributed by atoms with van der Waals surface area (Å²) in [5.74, 6) is 1.74. The molecule has 0 bridgehead atoms. The maximum absolute atomic E-state index is 5.53. The minimum atomic E-state index is 0.0387. The molecule has 2 rings (SSSR count). The molecular formula is C13H25NO2. The fraction of sp³-hybridized carbons (Fsp3) is 1.00. The Bertz CT molecular complexity index is 196. The number of hydrogen-bond acceptors (Lipinski definition) is 3. The lowest BCUT2D eigenvalue weighted by molar-refractivity contribution is -0.0574. The van der Waals surface area contributed by atoms with Crippen LogP contribution < -0.4 is 5.32 Å². The molecule has 1 saturated carbocycles. The molecule has 0 radical (unpaired) electrons. The summed E-state index contributed by atoms with van der Waals surface area (Å²) in [5.41, 5.74) is 0. The highest BCUT2D eigenvalue weighted by atomic mass is 16.7. The molecule has 1 unspecified atom stereocenters. The Morgan fingerprint density at radius 3 is 2.31 bits per heavy atom. The third-order valence-corrected chi connectivity index (χ3v) is 4.14. The van der Waals surface area contributed by atoms with Crippen LogP contribution in [0.1, 0.15) is 39.0 Å². The molecule has 3 nitrogen and oxygen atoms in total. The van der Waals surface area contributed by atoms with Gasteiger partial charge in [-0.3, -0.25) is 0 Å². The average molecular weight is 227 g/mol. The normalized spacial score (nSPS) is 34.1. The molecule has 16 heavy (non-hydrogen) atoms. The molecule has 0 aromatic rings. The van der Waals surface area contributed by atoms with Crippen LogP contribution in [-0.4, -0.2) is 32.6 Å². The van der Waals surface area contributed by atoms with Crippen molar-refractivity contribution in [1.82, 2.24) is 5.32 Å². The minimum Gasteiger partial charge on any atom is -0.350 e. The van der Waals surface area contributed by atoms with Gasteiger partial charge in [0.25, 0.3) is 0 Å². The maximum Gasteiger partial charge on any atom is 0.159 e. The van der Waals surface area contributed by atoms with Crippen molar-refractivity contribution < 1.29 is 9.47 Å². The molecule has 1 N–H and O–H groups in total. The van der Waals surface area contributed by atoms with Crippen LogP contribution in [0.2, 0.25) is 0 Å². The van der Waals surface area contributed by atoms with Gasteiger partial charge in [0.2, 0.25) is 0 Å². The Balaban J connectivity index is 1.79. The smallest absolute Gasteiger partial charge is 0.159 e. The number of hydrogen-bond donors (Lipinski definition) is 1. The molecule has 1 saturated heterocycles. The first kappa shape index (κ1) is 12.3. The van der Waals surface area contributed by atoms with E-state index in [9.17, 15) is 0 Å². The Labute approximate surface area is 98.9 Å². The quantitative estimate of drug-likeness (QED) is 0.798. The van der Waals surface area contributed by atoms with Gasteiger partial charge in [-0.2, -0.15) is 0 Å². The van der Waals surface area contributed by atoms with Crippen LogP contribution in [0.4, 0.5) is 0 Å². The van der Waals surface area contributed by atoms with Gasteiger partial charge in [0.05, 0.1) is 13.2 Å². The van der Waals surface area contributed by atoms with E-state index in [1.807, 2.05) is 0 Å². The second-order valence-corrected chi connectivity index (χ2v) is 5.32. The van der Waals surface area contributed by atoms with Gasteiger partial charge in [-0.05, 0) is 31.7 Å². The Morgan fingerprint density at radius 1 is 1.12 bits per heavy atom. The predicted molar refractivity (Wildman–Crippen MR) is 64.3 cm³/mol. The summed E-state index contributed by atoms with van der Waals surface area (Å²) in [7, 11) is 2.07. The number of ether oxygens (including phenoxy) is 2. The van der Waals surface area contributed by atoms with Crippen molar-refractivity contribution >= 4 is 0 Å². The van der Waals surface area contributed by atoms with E-state index in [0.29, 0.717) is 6.04 Å². The summed E-state index contributed by atoms with van der Waals surface area (Å²) in [6.07, 6.45) is 6.54. The first-order chi connectivity index (χ1) is 7.79. The van der Waals surface area contributed by atoms with E-state index in [1.165, 1.54) is 25.7 Å². The fourth-order valence-corrected chi connectivity index (χ4v) is 2.98. The van der Waals surface area contributed by atoms with E-state index in [1.54, 1.807) is 0 Å². The van der Waals surface area contributed by atoms with E-state index < -0.39 is 0 Å². The van der Waals surface area contributed by atoms with Crippen LogP contribution in [-0.2, 0) is 9.47 Å². The van der Waals surface area contributed by atoms with Gasteiger partial charge in [-0.15, -0.1) is 0 Å². The zero-order valence-corrected chi connectivity index (χ0v) is 10.6. The molecule has 1 atom stereocenters. The Morgan fingerprint density at radius 2 is 1.75 bits per heavy atom. The van der Waals surface area contributed by atoms with E-state index in [4.69, 9.17) is 9.47 Å². The number of nitrogens with one attached hydrogen (secondary N) is 1. The lowest BCUT2D eigenvalue weighted by Crippen LogP contribution is -2.38. The summed E-state index contributed by atoms with van der Waals surface area (Å²) in [6, 6.07) is 0.565. The highest BCUT2D eigenvalue weighted by Gasteiger charge is 2.29. The van der Waals surface area contributed by atoms with Crippen molar-refractivity contribution in [1.29, 1.82) is 0 Å². The second kappa shape index (κ2) is 5.99. The lowest BCUT2D eigenvalue weighted by atomic mass is 9.78. The van der Waals surface area contributed by atoms with E-state index in [-0.39, 0.29) is 6.29 Å². The molecule has 0 amide bonds. The van der Waals surface area contributed by atoms with Gasteiger partial charge < -0.3 is 14.8 Å². The minimum absolute atomic E-state index is 0.0387. The molecular weight excluding hydrogens is 202 g/mol. The van der Waals surface area contributed by atoms with Crippen molar-refractivity contribution in [2.45, 2.75) is 51.4 Å². The lowest BCUT2D eigenvalue weighted by Gasteiger charge is -2.33. The van der Waals surface area contributed by atoms with Gasteiger partial charge in [0.1, 0.15) is 0 Å². The largest absolute Gasteiger partial charge is 0.350 e. The molecule has 2 aliphatic rings. The van der Waals surface area contributed by atoms with Crippen molar-refractivity contribution in [2.75, 3.05) is 20.3 Å². The highest BCUT2D eigenvalue weighted by Crippen LogP contribution is 2.32. The summed E-state index contributed by atoms with van der Waals surface area (Å²) in [6.45, 7) is 3.90. The Kier molecular flexibility index (Phi) is 4.62. The molecule has 2 fully saturated rings. The van der Waals surface area contributed by atoms with Gasteiger partial charge >= 0.3 is 0 Å². The molecule has 0 aromatic carbocycles. The van der Waals surface area contributed by atoms with Crippen LogP contribution in [0.5, 0.6) is 0 Å². The third kappa shape index (κ3) is 3.19. The fourth-order valence-electron chi connectivity index (χ4n) is 2.98. The zero-order chi connectivity index (χ0) is 11.4. The summed E-state index contributed by atoms with van der Waals surface area (Å²) < 4.78 is 11.1. The van der Waals surface area contributed by atoms with Crippen molar-refractivity contribution in [3.8, 4) is 0 Å². The Hall–Kier alpha value is -0.120. The second-order valence-electron chi connectivity index (χ2n) is 5.32. The van der Waals surface area contributed by atoms with Crippen LogP contribution in [0.3, 0.4) is 0 Å². The van der Waals surface area contributed by atoms with Gasteiger partial charge in [-0.25, -0.2) is 0 Å². The van der Waals surface area contributed by atoms with Gasteiger partial charge in [-0.1, -0.05) is 19.8 Å². The van der Waals surface area contributed by atoms with Crippen LogP contribution >= 0.6 is 0 Å². The maximum atomic E-state index is 5.53. The highest BCUT2D eigenvalue weighted by molar-refractivity contribution is 4.81. The average Bonchev–Trinajstić information content (AvgIpc) is 2.80. The third-order valence-electron chi connectivity index (χ3n) is 4.14. The van der Waals surface area contributed by atoms with Gasteiger partial charge in [0.15, 0.2) is 6.29 Å². The van der Waals surface area contributed by atoms with E-state index >= 15 is 0 Å². The van der Waals surface area contributed by atoms with Crippen molar-refractivity contribution in [3.63, 3.8) is 0 Å². The summed E-state index contributed by atoms with van der Waals surface area (Å²) in [5, 5.41) is 3.45. The van der Waals surface area contributed by atoms with Crippen molar-refractivity contribution in [3.05, 3.63) is 0 Å². The summed E-state index contributed by atoms with van der Waals surface area (Å²) >= 11 is 0. The molecule has 1 heterocycles. The van der Waals surface area contributed by atoms with Crippen LogP contribution in [0.25, 0.3) is 0 Å². The van der Waals surface area contributed by atoms with Crippen LogP contribution in [0.15, 0.2) is 0 Å². The topological polar surface area (TPSA) is 30.5 Å². The molecule has 1 aliphatic heterocycles. The molecule has 0 aromatic heterocycles.